The van der Waals surface area contributed by atoms with Gasteiger partial charge in [0, 0.05) is 13.1 Å². The molecule has 0 spiro atoms. The maximum atomic E-state index is 11.7. The second kappa shape index (κ2) is 8.41. The van der Waals surface area contributed by atoms with E-state index in [0.717, 1.165) is 18.9 Å². The van der Waals surface area contributed by atoms with Gasteiger partial charge in [-0.2, -0.15) is 0 Å². The lowest BCUT2D eigenvalue weighted by Gasteiger charge is -2.26. The van der Waals surface area contributed by atoms with Gasteiger partial charge in [0.05, 0.1) is 6.10 Å². The molecule has 1 aliphatic rings. The first-order chi connectivity index (χ1) is 8.97. The highest BCUT2D eigenvalue weighted by atomic mass is 16.3. The average Bonchev–Trinajstić information content (AvgIpc) is 2.33. The van der Waals surface area contributed by atoms with Crippen molar-refractivity contribution >= 4 is 6.03 Å². The first kappa shape index (κ1) is 16.3. The fraction of sp³-hybridized carbons (Fsp3) is 0.933. The van der Waals surface area contributed by atoms with Gasteiger partial charge in [0.15, 0.2) is 0 Å². The van der Waals surface area contributed by atoms with Crippen LogP contribution in [0.3, 0.4) is 0 Å². The molecule has 0 aliphatic heterocycles. The Kier molecular flexibility index (Phi) is 7.21. The van der Waals surface area contributed by atoms with E-state index < -0.39 is 0 Å². The van der Waals surface area contributed by atoms with Gasteiger partial charge in [-0.25, -0.2) is 4.79 Å². The summed E-state index contributed by atoms with van der Waals surface area (Å²) in [6.45, 7) is 7.53. The highest BCUT2D eigenvalue weighted by molar-refractivity contribution is 5.73. The summed E-state index contributed by atoms with van der Waals surface area (Å²) in [6, 6.07) is -0.0735. The Bertz CT molecular complexity index is 269. The normalized spacial score (nSPS) is 26.5. The number of hydrogen-bond donors (Lipinski definition) is 3. The van der Waals surface area contributed by atoms with Gasteiger partial charge in [-0.05, 0) is 43.9 Å². The average molecular weight is 270 g/mol. The largest absolute Gasteiger partial charge is 0.393 e. The number of aliphatic hydroxyl groups is 1. The third kappa shape index (κ3) is 7.41. The fourth-order valence-electron chi connectivity index (χ4n) is 2.98. The molecule has 1 saturated carbocycles. The number of carbonyl (C=O) groups is 1. The molecule has 19 heavy (non-hydrogen) atoms. The topological polar surface area (TPSA) is 61.4 Å². The third-order valence-corrected chi connectivity index (χ3v) is 3.95. The van der Waals surface area contributed by atoms with Crippen molar-refractivity contribution in [3.8, 4) is 0 Å². The second-order valence-electron chi connectivity index (χ2n) is 6.42. The van der Waals surface area contributed by atoms with E-state index in [2.05, 4.69) is 17.6 Å². The number of nitrogens with one attached hydrogen (secondary N) is 2. The number of urea groups is 1. The fourth-order valence-corrected chi connectivity index (χ4v) is 2.98. The van der Waals surface area contributed by atoms with Crippen molar-refractivity contribution in [2.75, 3.05) is 13.1 Å². The predicted molar refractivity (Wildman–Crippen MR) is 78.0 cm³/mol. The summed E-state index contributed by atoms with van der Waals surface area (Å²) in [4.78, 5) is 11.7. The van der Waals surface area contributed by atoms with Crippen LogP contribution in [0.5, 0.6) is 0 Å². The lowest BCUT2D eigenvalue weighted by molar-refractivity contribution is 0.163. The maximum Gasteiger partial charge on any atom is 0.314 e. The molecule has 0 aromatic carbocycles. The van der Waals surface area contributed by atoms with Crippen LogP contribution in [-0.2, 0) is 0 Å². The third-order valence-electron chi connectivity index (χ3n) is 3.95. The van der Waals surface area contributed by atoms with E-state index in [0.29, 0.717) is 18.4 Å². The van der Waals surface area contributed by atoms with Gasteiger partial charge < -0.3 is 15.7 Å². The Balaban J connectivity index is 2.10. The number of aliphatic hydroxyl groups excluding tert-OH is 1. The minimum atomic E-state index is -0.302. The van der Waals surface area contributed by atoms with Crippen molar-refractivity contribution in [3.05, 3.63) is 0 Å². The molecule has 0 radical (unpaired) electrons. The van der Waals surface area contributed by atoms with E-state index in [1.54, 1.807) is 6.92 Å². The van der Waals surface area contributed by atoms with Crippen molar-refractivity contribution in [3.63, 3.8) is 0 Å². The zero-order valence-electron chi connectivity index (χ0n) is 12.6. The second-order valence-corrected chi connectivity index (χ2v) is 6.42. The molecule has 4 unspecified atom stereocenters. The van der Waals surface area contributed by atoms with Gasteiger partial charge in [-0.1, -0.05) is 26.7 Å². The minimum Gasteiger partial charge on any atom is -0.393 e. The molecular weight excluding hydrogens is 240 g/mol. The molecule has 0 saturated heterocycles. The Morgan fingerprint density at radius 2 is 2.05 bits per heavy atom. The van der Waals surface area contributed by atoms with Crippen LogP contribution in [0.25, 0.3) is 0 Å². The molecule has 0 heterocycles. The van der Waals surface area contributed by atoms with E-state index in [1.807, 2.05) is 6.92 Å². The van der Waals surface area contributed by atoms with Crippen LogP contribution in [-0.4, -0.2) is 30.3 Å². The van der Waals surface area contributed by atoms with Crippen LogP contribution in [0, 0.1) is 17.8 Å². The number of amides is 2. The van der Waals surface area contributed by atoms with Crippen LogP contribution in [0.1, 0.15) is 52.9 Å². The Morgan fingerprint density at radius 1 is 1.32 bits per heavy atom. The summed E-state index contributed by atoms with van der Waals surface area (Å²) < 4.78 is 0. The van der Waals surface area contributed by atoms with Crippen molar-refractivity contribution in [2.24, 2.45) is 17.8 Å². The lowest BCUT2D eigenvalue weighted by atomic mass is 9.82. The Hall–Kier alpha value is -0.770. The van der Waals surface area contributed by atoms with Gasteiger partial charge in [-0.15, -0.1) is 0 Å². The first-order valence-corrected chi connectivity index (χ1v) is 7.67. The van der Waals surface area contributed by atoms with E-state index in [-0.39, 0.29) is 12.1 Å². The van der Waals surface area contributed by atoms with Crippen LogP contribution in [0.4, 0.5) is 4.79 Å². The zero-order chi connectivity index (χ0) is 14.3. The van der Waals surface area contributed by atoms with Crippen molar-refractivity contribution in [2.45, 2.75) is 59.0 Å². The highest BCUT2D eigenvalue weighted by Gasteiger charge is 2.19. The van der Waals surface area contributed by atoms with E-state index in [4.69, 9.17) is 0 Å². The van der Waals surface area contributed by atoms with E-state index in [1.165, 1.54) is 25.7 Å². The molecule has 3 N–H and O–H groups in total. The van der Waals surface area contributed by atoms with Gasteiger partial charge in [-0.3, -0.25) is 0 Å². The first-order valence-electron chi connectivity index (χ1n) is 7.67. The molecule has 4 atom stereocenters. The zero-order valence-corrected chi connectivity index (χ0v) is 12.6. The van der Waals surface area contributed by atoms with Crippen molar-refractivity contribution in [1.29, 1.82) is 0 Å². The molecule has 2 amide bonds. The summed E-state index contributed by atoms with van der Waals surface area (Å²) in [7, 11) is 0. The smallest absolute Gasteiger partial charge is 0.314 e. The van der Waals surface area contributed by atoms with Gasteiger partial charge in [0.1, 0.15) is 0 Å². The molecule has 4 nitrogen and oxygen atoms in total. The number of rotatable bonds is 6. The molecule has 4 heteroatoms. The van der Waals surface area contributed by atoms with Crippen LogP contribution in [0.2, 0.25) is 0 Å². The molecule has 1 rings (SSSR count). The number of carbonyl (C=O) groups excluding carboxylic acids is 1. The molecule has 112 valence electrons. The summed E-state index contributed by atoms with van der Waals surface area (Å²) in [5, 5.41) is 15.1. The Morgan fingerprint density at radius 3 is 2.68 bits per heavy atom. The summed E-state index contributed by atoms with van der Waals surface area (Å²) in [5.41, 5.74) is 0. The molecule has 0 bridgehead atoms. The minimum absolute atomic E-state index is 0.0735. The van der Waals surface area contributed by atoms with E-state index in [9.17, 15) is 9.90 Å². The molecule has 0 aromatic rings. The molecule has 0 aromatic heterocycles. The lowest BCUT2D eigenvalue weighted by Crippen LogP contribution is -2.41. The van der Waals surface area contributed by atoms with Gasteiger partial charge >= 0.3 is 6.03 Å². The van der Waals surface area contributed by atoms with Gasteiger partial charge in [0.25, 0.3) is 0 Å². The van der Waals surface area contributed by atoms with Crippen molar-refractivity contribution < 1.29 is 9.90 Å². The van der Waals surface area contributed by atoms with Crippen LogP contribution >= 0.6 is 0 Å². The maximum absolute atomic E-state index is 11.7. The monoisotopic (exact) mass is 270 g/mol. The standard InChI is InChI=1S/C15H30N2O2/c1-11-5-4-6-14(8-11)10-17-15(19)16-9-12(2)7-13(3)18/h11-14,18H,4-10H2,1-3H3,(H2,16,17,19). The highest BCUT2D eigenvalue weighted by Crippen LogP contribution is 2.27. The summed E-state index contributed by atoms with van der Waals surface area (Å²) in [5.74, 6) is 1.75. The van der Waals surface area contributed by atoms with Crippen LogP contribution in [0.15, 0.2) is 0 Å². The SMILES string of the molecule is CC(O)CC(C)CNC(=O)NCC1CCCC(C)C1. The molecular formula is C15H30N2O2. The molecule has 1 fully saturated rings. The van der Waals surface area contributed by atoms with Crippen molar-refractivity contribution in [1.82, 2.24) is 10.6 Å². The van der Waals surface area contributed by atoms with Crippen LogP contribution < -0.4 is 10.6 Å². The number of hydrogen-bond acceptors (Lipinski definition) is 2. The van der Waals surface area contributed by atoms with E-state index >= 15 is 0 Å². The van der Waals surface area contributed by atoms with Gasteiger partial charge in [0.2, 0.25) is 0 Å². The Labute approximate surface area is 117 Å². The molecule has 1 aliphatic carbocycles. The quantitative estimate of drug-likeness (QED) is 0.694. The summed E-state index contributed by atoms with van der Waals surface area (Å²) >= 11 is 0. The summed E-state index contributed by atoms with van der Waals surface area (Å²) in [6.07, 6.45) is 5.52. The predicted octanol–water partition coefficient (Wildman–Crippen LogP) is 2.52.